The fraction of sp³-hybridized carbons (Fsp3) is 0.160. The minimum absolute atomic E-state index is 0. The third-order valence-electron chi connectivity index (χ3n) is 10.0. The minimum Gasteiger partial charge on any atom is -0.340 e. The van der Waals surface area contributed by atoms with Gasteiger partial charge in [0, 0.05) is 56.1 Å². The Labute approximate surface area is 340 Å². The molecule has 0 spiro atoms. The second-order valence-corrected chi connectivity index (χ2v) is 13.3. The molecule has 8 rings (SSSR count). The Kier molecular flexibility index (Phi) is 13.2. The van der Waals surface area contributed by atoms with E-state index in [0.717, 1.165) is 48.5 Å². The second kappa shape index (κ2) is 18.6. The van der Waals surface area contributed by atoms with E-state index in [1.807, 2.05) is 36.7 Å². The van der Waals surface area contributed by atoms with Gasteiger partial charge in [0.1, 0.15) is 5.82 Å². The first kappa shape index (κ1) is 39.1. The molecule has 6 aromatic carbocycles. The van der Waals surface area contributed by atoms with Gasteiger partial charge in [0.2, 0.25) is 0 Å². The van der Waals surface area contributed by atoms with Crippen LogP contribution in [0.15, 0.2) is 164 Å². The maximum Gasteiger partial charge on any atom is 0.144 e. The Morgan fingerprint density at radius 3 is 1.22 bits per heavy atom. The number of imidazole rings is 2. The summed E-state index contributed by atoms with van der Waals surface area (Å²) in [7, 11) is 0. The summed E-state index contributed by atoms with van der Waals surface area (Å²) in [5, 5.41) is 0. The van der Waals surface area contributed by atoms with Crippen molar-refractivity contribution in [2.45, 2.75) is 53.4 Å². The predicted octanol–water partition coefficient (Wildman–Crippen LogP) is 12.5. The summed E-state index contributed by atoms with van der Waals surface area (Å²) in [5.41, 5.74) is 15.1. The van der Waals surface area contributed by atoms with Gasteiger partial charge in [-0.15, -0.1) is 35.9 Å². The van der Waals surface area contributed by atoms with Crippen molar-refractivity contribution in [3.05, 3.63) is 193 Å². The normalized spacial score (nSPS) is 10.7. The van der Waals surface area contributed by atoms with Gasteiger partial charge in [-0.25, -0.2) is 4.98 Å². The summed E-state index contributed by atoms with van der Waals surface area (Å²) in [4.78, 5) is 9.28. The average molecular weight is 896 g/mol. The number of aryl methyl sites for hydroxylation is 4. The molecule has 0 unspecified atom stereocenters. The summed E-state index contributed by atoms with van der Waals surface area (Å²) in [5.74, 6) is 1.93. The van der Waals surface area contributed by atoms with Crippen LogP contribution in [0.4, 0.5) is 0 Å². The molecule has 0 saturated heterocycles. The smallest absolute Gasteiger partial charge is 0.144 e. The molecule has 1 radical (unpaired) electrons. The SMILES string of the molecule is CCc1cc(-c2ccccc2)cc(CC)c1-n1ccnc1-c1[c-]cccc1.CCc1cc(-c2ccccc2)cc(CC)c1-n1ccnc1-c1ccccc1.[Ir]. The van der Waals surface area contributed by atoms with E-state index in [2.05, 4.69) is 181 Å². The largest absolute Gasteiger partial charge is 0.340 e. The summed E-state index contributed by atoms with van der Waals surface area (Å²) >= 11 is 0. The van der Waals surface area contributed by atoms with Crippen molar-refractivity contribution in [1.29, 1.82) is 0 Å². The summed E-state index contributed by atoms with van der Waals surface area (Å²) in [6.45, 7) is 8.90. The Morgan fingerprint density at radius 2 is 0.818 bits per heavy atom. The van der Waals surface area contributed by atoms with Crippen LogP contribution in [0.5, 0.6) is 0 Å². The first-order valence-corrected chi connectivity index (χ1v) is 19.2. The standard InChI is InChI=1S/C25H24N2.C25H23N2.Ir/c2*1-3-19-17-23(21-11-7-5-8-12-21)18-20(4-2)24(19)27-16-15-26-25(27)22-13-9-6-10-14-22;/h5-18H,3-4H2,1-2H3;5-13,15-18H,3-4H2,1-2H3;/q;-1;. The third-order valence-corrected chi connectivity index (χ3v) is 10.0. The molecule has 5 heteroatoms. The number of nitrogens with zero attached hydrogens (tertiary/aromatic N) is 4. The van der Waals surface area contributed by atoms with Crippen LogP contribution in [0.3, 0.4) is 0 Å². The van der Waals surface area contributed by atoms with E-state index >= 15 is 0 Å². The molecule has 0 amide bonds. The van der Waals surface area contributed by atoms with E-state index < -0.39 is 0 Å². The monoisotopic (exact) mass is 896 g/mol. The predicted molar refractivity (Wildman–Crippen MR) is 225 cm³/mol. The van der Waals surface area contributed by atoms with Crippen molar-refractivity contribution >= 4 is 0 Å². The molecule has 8 aromatic rings. The summed E-state index contributed by atoms with van der Waals surface area (Å²) < 4.78 is 4.47. The Bertz CT molecular complexity index is 2190. The van der Waals surface area contributed by atoms with Gasteiger partial charge in [-0.3, -0.25) is 9.55 Å². The van der Waals surface area contributed by atoms with E-state index in [0.29, 0.717) is 0 Å². The van der Waals surface area contributed by atoms with Crippen molar-refractivity contribution in [3.8, 4) is 56.4 Å². The van der Waals surface area contributed by atoms with Gasteiger partial charge in [-0.1, -0.05) is 119 Å². The molecule has 2 heterocycles. The molecular weight excluding hydrogens is 849 g/mol. The van der Waals surface area contributed by atoms with Gasteiger partial charge in [0.15, 0.2) is 0 Å². The Hall–Kier alpha value is -5.61. The molecule has 0 aliphatic rings. The second-order valence-electron chi connectivity index (χ2n) is 13.3. The van der Waals surface area contributed by atoms with E-state index in [-0.39, 0.29) is 20.1 Å². The van der Waals surface area contributed by atoms with Gasteiger partial charge in [-0.05, 0) is 94.5 Å². The van der Waals surface area contributed by atoms with Gasteiger partial charge in [0.25, 0.3) is 0 Å². The topological polar surface area (TPSA) is 35.6 Å². The summed E-state index contributed by atoms with van der Waals surface area (Å²) in [6, 6.07) is 52.3. The Balaban J connectivity index is 0.000000184. The number of benzene rings is 6. The molecule has 277 valence electrons. The maximum atomic E-state index is 4.66. The van der Waals surface area contributed by atoms with Crippen LogP contribution in [0.2, 0.25) is 0 Å². The van der Waals surface area contributed by atoms with Crippen LogP contribution in [0, 0.1) is 6.07 Å². The zero-order valence-corrected chi connectivity index (χ0v) is 34.4. The fourth-order valence-electron chi connectivity index (χ4n) is 7.31. The van der Waals surface area contributed by atoms with Crippen molar-refractivity contribution < 1.29 is 20.1 Å². The van der Waals surface area contributed by atoms with Crippen molar-refractivity contribution in [2.24, 2.45) is 0 Å². The van der Waals surface area contributed by atoms with Crippen LogP contribution < -0.4 is 0 Å². The minimum atomic E-state index is 0. The van der Waals surface area contributed by atoms with Gasteiger partial charge in [0.05, 0.1) is 11.5 Å². The molecule has 0 saturated carbocycles. The van der Waals surface area contributed by atoms with Crippen LogP contribution in [0.25, 0.3) is 56.4 Å². The molecule has 0 fully saturated rings. The average Bonchev–Trinajstić information content (AvgIpc) is 3.95. The van der Waals surface area contributed by atoms with E-state index in [4.69, 9.17) is 0 Å². The number of aromatic nitrogens is 4. The van der Waals surface area contributed by atoms with Gasteiger partial charge >= 0.3 is 0 Å². The Morgan fingerprint density at radius 1 is 0.436 bits per heavy atom. The van der Waals surface area contributed by atoms with Crippen molar-refractivity contribution in [3.63, 3.8) is 0 Å². The number of hydrogen-bond acceptors (Lipinski definition) is 2. The third kappa shape index (κ3) is 8.55. The molecule has 55 heavy (non-hydrogen) atoms. The summed E-state index contributed by atoms with van der Waals surface area (Å²) in [6.07, 6.45) is 11.8. The van der Waals surface area contributed by atoms with Crippen LogP contribution in [0.1, 0.15) is 49.9 Å². The zero-order valence-electron chi connectivity index (χ0n) is 32.0. The molecule has 0 bridgehead atoms. The van der Waals surface area contributed by atoms with Crippen LogP contribution in [-0.2, 0) is 45.8 Å². The van der Waals surface area contributed by atoms with Gasteiger partial charge in [-0.2, -0.15) is 0 Å². The van der Waals surface area contributed by atoms with Crippen LogP contribution >= 0.6 is 0 Å². The number of rotatable bonds is 10. The van der Waals surface area contributed by atoms with Gasteiger partial charge < -0.3 is 4.57 Å². The molecule has 2 aromatic heterocycles. The molecule has 4 nitrogen and oxygen atoms in total. The molecule has 0 aliphatic heterocycles. The molecule has 0 atom stereocenters. The van der Waals surface area contributed by atoms with E-state index in [9.17, 15) is 0 Å². The van der Waals surface area contributed by atoms with Crippen LogP contribution in [-0.4, -0.2) is 19.1 Å². The molecular formula is C50H47IrN4-. The molecule has 0 N–H and O–H groups in total. The first-order valence-electron chi connectivity index (χ1n) is 19.2. The first-order chi connectivity index (χ1) is 26.6. The van der Waals surface area contributed by atoms with E-state index in [1.54, 1.807) is 0 Å². The molecule has 0 aliphatic carbocycles. The van der Waals surface area contributed by atoms with Crippen molar-refractivity contribution in [2.75, 3.05) is 0 Å². The fourth-order valence-corrected chi connectivity index (χ4v) is 7.31. The van der Waals surface area contributed by atoms with Crippen molar-refractivity contribution in [1.82, 2.24) is 19.1 Å². The maximum absolute atomic E-state index is 4.66. The number of hydrogen-bond donors (Lipinski definition) is 0. The quantitative estimate of drug-likeness (QED) is 0.128. The zero-order chi connectivity index (χ0) is 37.3. The van der Waals surface area contributed by atoms with E-state index in [1.165, 1.54) is 55.9 Å².